The van der Waals surface area contributed by atoms with E-state index < -0.39 is 34.2 Å². The first kappa shape index (κ1) is 22.0. The summed E-state index contributed by atoms with van der Waals surface area (Å²) in [6, 6.07) is 0.897. The first-order valence-corrected chi connectivity index (χ1v) is 20.7. The van der Waals surface area contributed by atoms with E-state index in [1.807, 2.05) is 0 Å². The molecule has 0 N–H and O–H groups in total. The smallest absolute Gasteiger partial charge is 0.320 e. The lowest BCUT2D eigenvalue weighted by atomic mass is 10.0. The number of epoxide rings is 1. The zero-order valence-electron chi connectivity index (χ0n) is 17.5. The van der Waals surface area contributed by atoms with E-state index >= 15 is 0 Å². The molecule has 0 amide bonds. The highest BCUT2D eigenvalue weighted by atomic mass is 28.5. The molecule has 2 aliphatic rings. The minimum Gasteiger partial charge on any atom is -0.416 e. The molecule has 1 atom stereocenters. The molecule has 0 saturated carbocycles. The third-order valence-corrected chi connectivity index (χ3v) is 21.1. The fourth-order valence-corrected chi connectivity index (χ4v) is 26.4. The Balaban J connectivity index is 2.08. The second-order valence-corrected chi connectivity index (χ2v) is 23.5. The Kier molecular flexibility index (Phi) is 6.67. The minimum atomic E-state index is -2.42. The molecule has 2 fully saturated rings. The maximum Gasteiger partial charge on any atom is 0.320 e. The van der Waals surface area contributed by atoms with Crippen LogP contribution in [0.25, 0.3) is 0 Å². The molecule has 0 bridgehead atoms. The molecule has 2 rings (SSSR count). The van der Waals surface area contributed by atoms with Crippen molar-refractivity contribution >= 4 is 34.2 Å². The molecule has 0 aromatic carbocycles. The largest absolute Gasteiger partial charge is 0.416 e. The Labute approximate surface area is 158 Å². The molecule has 9 heteroatoms. The van der Waals surface area contributed by atoms with Gasteiger partial charge in [0.1, 0.15) is 0 Å². The van der Waals surface area contributed by atoms with E-state index in [4.69, 9.17) is 21.2 Å². The molecule has 0 radical (unpaired) electrons. The summed E-state index contributed by atoms with van der Waals surface area (Å²) >= 11 is 0. The average molecular weight is 423 g/mol. The van der Waals surface area contributed by atoms with Crippen molar-refractivity contribution in [2.24, 2.45) is 0 Å². The summed E-state index contributed by atoms with van der Waals surface area (Å²) in [4.78, 5) is 0. The van der Waals surface area contributed by atoms with Crippen LogP contribution in [0.5, 0.6) is 0 Å². The number of unbranched alkanes of at least 4 members (excludes halogenated alkanes) is 3. The van der Waals surface area contributed by atoms with Crippen molar-refractivity contribution in [2.45, 2.75) is 96.5 Å². The maximum absolute atomic E-state index is 6.68. The van der Waals surface area contributed by atoms with Crippen LogP contribution in [0.15, 0.2) is 0 Å². The zero-order valence-corrected chi connectivity index (χ0v) is 21.5. The summed E-state index contributed by atoms with van der Waals surface area (Å²) in [5.74, 6) is 0. The monoisotopic (exact) mass is 422 g/mol. The van der Waals surface area contributed by atoms with Gasteiger partial charge in [-0.25, -0.2) is 0 Å². The Bertz CT molecular complexity index is 443. The van der Waals surface area contributed by atoms with Gasteiger partial charge in [-0.2, -0.15) is 0 Å². The van der Waals surface area contributed by atoms with Crippen LogP contribution in [0, 0.1) is 0 Å². The van der Waals surface area contributed by atoms with Crippen molar-refractivity contribution in [2.75, 3.05) is 6.61 Å². The van der Waals surface area contributed by atoms with Gasteiger partial charge >= 0.3 is 34.2 Å². The first-order valence-electron chi connectivity index (χ1n) is 9.75. The first-order chi connectivity index (χ1) is 11.3. The lowest BCUT2D eigenvalue weighted by Crippen LogP contribution is -2.65. The number of rotatable bonds is 7. The predicted molar refractivity (Wildman–Crippen MR) is 111 cm³/mol. The molecule has 25 heavy (non-hydrogen) atoms. The van der Waals surface area contributed by atoms with Crippen molar-refractivity contribution in [3.05, 3.63) is 0 Å². The zero-order chi connectivity index (χ0) is 19.0. The normalized spacial score (nSPS) is 32.6. The van der Waals surface area contributed by atoms with Crippen LogP contribution in [-0.4, -0.2) is 46.5 Å². The Morgan fingerprint density at radius 1 is 0.720 bits per heavy atom. The quantitative estimate of drug-likeness (QED) is 0.329. The fourth-order valence-electron chi connectivity index (χ4n) is 4.28. The Hall–Kier alpha value is 0.668. The third kappa shape index (κ3) is 6.96. The van der Waals surface area contributed by atoms with Crippen LogP contribution in [0.1, 0.15) is 39.0 Å². The van der Waals surface area contributed by atoms with Crippen molar-refractivity contribution in [1.29, 1.82) is 0 Å². The minimum absolute atomic E-state index is 0.0180. The van der Waals surface area contributed by atoms with Crippen LogP contribution < -0.4 is 0 Å². The van der Waals surface area contributed by atoms with Gasteiger partial charge in [0.25, 0.3) is 0 Å². The van der Waals surface area contributed by atoms with Gasteiger partial charge in [0.2, 0.25) is 0 Å². The summed E-state index contributed by atoms with van der Waals surface area (Å²) in [5.41, 5.74) is -0.0180. The van der Waals surface area contributed by atoms with Gasteiger partial charge in [0.15, 0.2) is 0 Å². The lowest BCUT2D eigenvalue weighted by Gasteiger charge is -2.48. The Morgan fingerprint density at radius 3 is 1.64 bits per heavy atom. The van der Waals surface area contributed by atoms with Gasteiger partial charge in [-0.3, -0.25) is 0 Å². The van der Waals surface area contributed by atoms with Crippen molar-refractivity contribution < 1.29 is 21.2 Å². The molecule has 0 aromatic heterocycles. The van der Waals surface area contributed by atoms with E-state index in [-0.39, 0.29) is 5.60 Å². The Morgan fingerprint density at radius 2 is 1.20 bits per heavy atom. The molecule has 0 aromatic rings. The van der Waals surface area contributed by atoms with E-state index in [1.54, 1.807) is 0 Å². The van der Waals surface area contributed by atoms with E-state index in [0.717, 1.165) is 19.1 Å². The van der Waals surface area contributed by atoms with E-state index in [2.05, 4.69) is 52.8 Å². The maximum atomic E-state index is 6.68. The second-order valence-electron chi connectivity index (χ2n) is 9.20. The molecular formula is C16H38O5Si4. The third-order valence-electron chi connectivity index (χ3n) is 4.59. The summed E-state index contributed by atoms with van der Waals surface area (Å²) < 4.78 is 32.1. The van der Waals surface area contributed by atoms with Crippen molar-refractivity contribution in [3.63, 3.8) is 0 Å². The molecule has 0 spiro atoms. The molecule has 2 aliphatic heterocycles. The fraction of sp³-hybridized carbons (Fsp3) is 1.00. The van der Waals surface area contributed by atoms with Crippen LogP contribution in [0.2, 0.25) is 51.9 Å². The SMILES string of the molecule is CCCCCCC1(C[Si]2(C)O[Si](C)(C)O[Si](C)(C)O[Si](C)(C)O2)CO1. The van der Waals surface area contributed by atoms with Crippen LogP contribution in [0.4, 0.5) is 0 Å². The van der Waals surface area contributed by atoms with E-state index in [0.29, 0.717) is 0 Å². The standard InChI is InChI=1S/C16H38O5Si4/c1-9-10-11-12-13-16(14-17-16)15-25(8)20-23(4,5)18-22(2,3)19-24(6,7)21-25/h9-15H2,1-8H3. The van der Waals surface area contributed by atoms with E-state index in [9.17, 15) is 0 Å². The highest BCUT2D eigenvalue weighted by molar-refractivity contribution is 6.93. The summed E-state index contributed by atoms with van der Waals surface area (Å²) in [6.45, 7) is 18.0. The molecule has 5 nitrogen and oxygen atoms in total. The second kappa shape index (κ2) is 7.59. The molecule has 0 aliphatic carbocycles. The van der Waals surface area contributed by atoms with Crippen LogP contribution in [0.3, 0.4) is 0 Å². The molecule has 2 heterocycles. The number of ether oxygens (including phenoxy) is 1. The van der Waals surface area contributed by atoms with Gasteiger partial charge in [-0.05, 0) is 52.2 Å². The number of hydrogen-bond acceptors (Lipinski definition) is 5. The van der Waals surface area contributed by atoms with Crippen LogP contribution in [-0.2, 0) is 21.2 Å². The van der Waals surface area contributed by atoms with Crippen LogP contribution >= 0.6 is 0 Å². The topological polar surface area (TPSA) is 49.5 Å². The van der Waals surface area contributed by atoms with Gasteiger partial charge in [0.05, 0.1) is 12.2 Å². The van der Waals surface area contributed by atoms with Gasteiger partial charge in [-0.1, -0.05) is 32.6 Å². The van der Waals surface area contributed by atoms with E-state index in [1.165, 1.54) is 25.7 Å². The molecule has 1 unspecified atom stereocenters. The predicted octanol–water partition coefficient (Wildman–Crippen LogP) is 4.98. The summed E-state index contributed by atoms with van der Waals surface area (Å²) in [5, 5.41) is 0. The molecular weight excluding hydrogens is 385 g/mol. The number of hydrogen-bond donors (Lipinski definition) is 0. The average Bonchev–Trinajstić information content (AvgIpc) is 3.07. The van der Waals surface area contributed by atoms with Gasteiger partial charge in [-0.15, -0.1) is 0 Å². The lowest BCUT2D eigenvalue weighted by molar-refractivity contribution is 0.219. The molecule has 148 valence electrons. The molecule has 2 saturated heterocycles. The van der Waals surface area contributed by atoms with Gasteiger partial charge in [0, 0.05) is 6.04 Å². The summed E-state index contributed by atoms with van der Waals surface area (Å²) in [7, 11) is -9.20. The van der Waals surface area contributed by atoms with Crippen molar-refractivity contribution in [3.8, 4) is 0 Å². The highest BCUT2D eigenvalue weighted by Gasteiger charge is 2.58. The summed E-state index contributed by atoms with van der Waals surface area (Å²) in [6.07, 6.45) is 6.20. The van der Waals surface area contributed by atoms with Gasteiger partial charge < -0.3 is 21.2 Å². The highest BCUT2D eigenvalue weighted by Crippen LogP contribution is 2.44. The van der Waals surface area contributed by atoms with Crippen molar-refractivity contribution in [1.82, 2.24) is 0 Å².